The van der Waals surface area contributed by atoms with E-state index in [2.05, 4.69) is 14.5 Å². The van der Waals surface area contributed by atoms with Crippen LogP contribution in [-0.2, 0) is 9.47 Å². The smallest absolute Gasteiger partial charge is 0.140 e. The monoisotopic (exact) mass is 399 g/mol. The van der Waals surface area contributed by atoms with Crippen molar-refractivity contribution >= 4 is 0 Å². The first-order chi connectivity index (χ1) is 14.3. The Morgan fingerprint density at radius 3 is 2.86 bits per heavy atom. The number of aromatic nitrogens is 2. The zero-order chi connectivity index (χ0) is 19.6. The van der Waals surface area contributed by atoms with Gasteiger partial charge in [-0.3, -0.25) is 4.90 Å². The summed E-state index contributed by atoms with van der Waals surface area (Å²) in [6.07, 6.45) is 6.78. The van der Waals surface area contributed by atoms with E-state index in [-0.39, 0.29) is 18.2 Å². The fourth-order valence-corrected chi connectivity index (χ4v) is 4.70. The lowest BCUT2D eigenvalue weighted by Gasteiger charge is -2.26. The minimum Gasteiger partial charge on any atom is -0.492 e. The second-order valence-corrected chi connectivity index (χ2v) is 8.17. The van der Waals surface area contributed by atoms with Gasteiger partial charge in [0, 0.05) is 24.5 Å². The van der Waals surface area contributed by atoms with E-state index in [4.69, 9.17) is 14.2 Å². The lowest BCUT2D eigenvalue weighted by atomic mass is 10.1. The van der Waals surface area contributed by atoms with Crippen molar-refractivity contribution in [2.24, 2.45) is 0 Å². The van der Waals surface area contributed by atoms with Crippen molar-refractivity contribution in [1.82, 2.24) is 14.5 Å². The zero-order valence-corrected chi connectivity index (χ0v) is 16.7. The molecule has 0 bridgehead atoms. The molecular formula is C22H29N3O4. The molecule has 3 aliphatic heterocycles. The number of nitrogens with zero attached hydrogens (tertiary/aromatic N) is 3. The molecule has 3 aliphatic rings. The average Bonchev–Trinajstić information content (AvgIpc) is 3.47. The summed E-state index contributed by atoms with van der Waals surface area (Å²) in [6.45, 7) is 4.88. The lowest BCUT2D eigenvalue weighted by molar-refractivity contribution is 0.0172. The molecule has 2 aromatic rings. The van der Waals surface area contributed by atoms with E-state index in [1.807, 2.05) is 30.5 Å². The number of piperidine rings is 1. The summed E-state index contributed by atoms with van der Waals surface area (Å²) in [5, 5.41) is 10.0. The highest BCUT2D eigenvalue weighted by Crippen LogP contribution is 2.36. The predicted octanol–water partition coefficient (Wildman–Crippen LogP) is 2.11. The molecule has 0 aliphatic carbocycles. The fourth-order valence-electron chi connectivity index (χ4n) is 4.70. The van der Waals surface area contributed by atoms with Crippen molar-refractivity contribution in [2.75, 3.05) is 39.5 Å². The molecule has 29 heavy (non-hydrogen) atoms. The molecule has 5 rings (SSSR count). The van der Waals surface area contributed by atoms with Gasteiger partial charge >= 0.3 is 0 Å². The van der Waals surface area contributed by atoms with Crippen LogP contribution in [0.5, 0.6) is 5.75 Å². The van der Waals surface area contributed by atoms with E-state index in [1.54, 1.807) is 6.20 Å². The van der Waals surface area contributed by atoms with Gasteiger partial charge in [-0.1, -0.05) is 18.6 Å². The fraction of sp³-hybridized carbons (Fsp3) is 0.591. The molecule has 0 saturated carbocycles. The Hall–Kier alpha value is -1.93. The molecular weight excluding hydrogens is 370 g/mol. The van der Waals surface area contributed by atoms with E-state index in [9.17, 15) is 5.11 Å². The Balaban J connectivity index is 1.27. The first kappa shape index (κ1) is 19.1. The summed E-state index contributed by atoms with van der Waals surface area (Å²) in [7, 11) is 0. The van der Waals surface area contributed by atoms with Crippen LogP contribution in [0.25, 0.3) is 11.4 Å². The second kappa shape index (κ2) is 8.44. The quantitative estimate of drug-likeness (QED) is 0.803. The summed E-state index contributed by atoms with van der Waals surface area (Å²) >= 11 is 0. The Bertz CT molecular complexity index is 820. The van der Waals surface area contributed by atoms with E-state index in [0.717, 1.165) is 23.7 Å². The molecule has 156 valence electrons. The Morgan fingerprint density at radius 1 is 1.10 bits per heavy atom. The maximum Gasteiger partial charge on any atom is 0.140 e. The highest BCUT2D eigenvalue weighted by Gasteiger charge is 2.48. The van der Waals surface area contributed by atoms with Crippen LogP contribution in [0.2, 0.25) is 0 Å². The third kappa shape index (κ3) is 3.92. The van der Waals surface area contributed by atoms with Crippen LogP contribution in [0, 0.1) is 0 Å². The van der Waals surface area contributed by atoms with Gasteiger partial charge in [0.15, 0.2) is 0 Å². The van der Waals surface area contributed by atoms with Crippen molar-refractivity contribution in [3.63, 3.8) is 0 Å². The molecule has 4 heterocycles. The SMILES string of the molecule is O[C@@H]1CO[C@H]2[C@@H]1OC[C@H]2n1ccnc1-c1cccc(OCCN2CCCCC2)c1. The van der Waals surface area contributed by atoms with Crippen molar-refractivity contribution in [3.8, 4) is 17.1 Å². The second-order valence-electron chi connectivity index (χ2n) is 8.17. The molecule has 0 radical (unpaired) electrons. The molecule has 7 nitrogen and oxygen atoms in total. The molecule has 3 saturated heterocycles. The minimum atomic E-state index is -0.548. The van der Waals surface area contributed by atoms with Crippen LogP contribution >= 0.6 is 0 Å². The first-order valence-electron chi connectivity index (χ1n) is 10.7. The maximum atomic E-state index is 10.0. The Kier molecular flexibility index (Phi) is 5.54. The summed E-state index contributed by atoms with van der Waals surface area (Å²) in [4.78, 5) is 7.06. The number of benzene rings is 1. The number of aliphatic hydroxyl groups excluding tert-OH is 1. The van der Waals surface area contributed by atoms with Crippen LogP contribution < -0.4 is 4.74 Å². The standard InChI is InChI=1S/C22H29N3O4/c26-19-15-29-20-18(14-28-21(19)20)25-10-7-23-22(25)16-5-4-6-17(13-16)27-12-11-24-8-2-1-3-9-24/h4-7,10,13,18-21,26H,1-3,8-9,11-12,14-15H2/t18-,19-,20-,21-/m1/s1. The Morgan fingerprint density at radius 2 is 1.97 bits per heavy atom. The van der Waals surface area contributed by atoms with Gasteiger partial charge in [-0.25, -0.2) is 4.98 Å². The summed E-state index contributed by atoms with van der Waals surface area (Å²) in [5.41, 5.74) is 1.01. The van der Waals surface area contributed by atoms with E-state index in [1.165, 1.54) is 32.4 Å². The Labute approximate surface area is 171 Å². The minimum absolute atomic E-state index is 0.0123. The number of aliphatic hydroxyl groups is 1. The molecule has 7 heteroatoms. The van der Waals surface area contributed by atoms with Gasteiger partial charge in [-0.2, -0.15) is 0 Å². The highest BCUT2D eigenvalue weighted by molar-refractivity contribution is 5.58. The molecule has 4 atom stereocenters. The van der Waals surface area contributed by atoms with Crippen molar-refractivity contribution in [1.29, 1.82) is 0 Å². The van der Waals surface area contributed by atoms with Crippen molar-refractivity contribution in [3.05, 3.63) is 36.7 Å². The zero-order valence-electron chi connectivity index (χ0n) is 16.7. The van der Waals surface area contributed by atoms with Gasteiger partial charge in [-0.05, 0) is 38.1 Å². The molecule has 1 aromatic carbocycles. The number of hydrogen-bond donors (Lipinski definition) is 1. The summed E-state index contributed by atoms with van der Waals surface area (Å²) in [6, 6.07) is 8.12. The summed E-state index contributed by atoms with van der Waals surface area (Å²) in [5.74, 6) is 1.73. The van der Waals surface area contributed by atoms with Crippen LogP contribution in [0.4, 0.5) is 0 Å². The summed E-state index contributed by atoms with van der Waals surface area (Å²) < 4.78 is 19.7. The third-order valence-corrected chi connectivity index (χ3v) is 6.24. The van der Waals surface area contributed by atoms with Crippen molar-refractivity contribution < 1.29 is 19.3 Å². The maximum absolute atomic E-state index is 10.0. The number of ether oxygens (including phenoxy) is 3. The van der Waals surface area contributed by atoms with Gasteiger partial charge in [0.1, 0.15) is 36.5 Å². The van der Waals surface area contributed by atoms with Crippen molar-refractivity contribution in [2.45, 2.75) is 43.6 Å². The molecule has 0 spiro atoms. The normalized spacial score (nSPS) is 29.8. The van der Waals surface area contributed by atoms with Gasteiger partial charge in [-0.15, -0.1) is 0 Å². The largest absolute Gasteiger partial charge is 0.492 e. The van der Waals surface area contributed by atoms with Gasteiger partial charge in [0.2, 0.25) is 0 Å². The predicted molar refractivity (Wildman–Crippen MR) is 108 cm³/mol. The van der Waals surface area contributed by atoms with Crippen LogP contribution in [0.3, 0.4) is 0 Å². The van der Waals surface area contributed by atoms with Crippen LogP contribution in [0.1, 0.15) is 25.3 Å². The van der Waals surface area contributed by atoms with E-state index >= 15 is 0 Å². The lowest BCUT2D eigenvalue weighted by Crippen LogP contribution is -2.33. The average molecular weight is 399 g/mol. The first-order valence-corrected chi connectivity index (χ1v) is 10.7. The van der Waals surface area contributed by atoms with E-state index in [0.29, 0.717) is 19.8 Å². The van der Waals surface area contributed by atoms with Gasteiger partial charge < -0.3 is 23.9 Å². The highest BCUT2D eigenvalue weighted by atomic mass is 16.6. The topological polar surface area (TPSA) is 69.0 Å². The van der Waals surface area contributed by atoms with Crippen LogP contribution in [0.15, 0.2) is 36.7 Å². The van der Waals surface area contributed by atoms with E-state index < -0.39 is 6.10 Å². The molecule has 3 fully saturated rings. The number of rotatable bonds is 6. The van der Waals surface area contributed by atoms with Crippen LogP contribution in [-0.4, -0.2) is 77.3 Å². The number of imidazole rings is 1. The number of fused-ring (bicyclic) bond motifs is 1. The number of hydrogen-bond acceptors (Lipinski definition) is 6. The van der Waals surface area contributed by atoms with Gasteiger partial charge in [0.25, 0.3) is 0 Å². The molecule has 1 N–H and O–H groups in total. The molecule has 0 amide bonds. The third-order valence-electron chi connectivity index (χ3n) is 6.24. The molecule has 1 aromatic heterocycles. The van der Waals surface area contributed by atoms with Gasteiger partial charge in [0.05, 0.1) is 19.3 Å². The molecule has 0 unspecified atom stereocenters. The number of likely N-dealkylation sites (tertiary alicyclic amines) is 1.